The van der Waals surface area contributed by atoms with E-state index in [9.17, 15) is 14.9 Å². The molecule has 3 aromatic rings. The van der Waals surface area contributed by atoms with E-state index in [1.807, 2.05) is 47.4 Å². The molecule has 2 N–H and O–H groups in total. The molecule has 1 aliphatic heterocycles. The molecule has 1 aromatic carbocycles. The second-order valence-electron chi connectivity index (χ2n) is 7.99. The Hall–Kier alpha value is -4.39. The van der Waals surface area contributed by atoms with Gasteiger partial charge in [-0.15, -0.1) is 0 Å². The Bertz CT molecular complexity index is 1190. The summed E-state index contributed by atoms with van der Waals surface area (Å²) in [6.07, 6.45) is 2.91. The summed E-state index contributed by atoms with van der Waals surface area (Å²) < 4.78 is 6.88. The van der Waals surface area contributed by atoms with Crippen molar-refractivity contribution in [3.63, 3.8) is 0 Å². The number of nitriles is 1. The number of carboxylic acids is 1. The van der Waals surface area contributed by atoms with Gasteiger partial charge in [-0.25, -0.2) is 14.5 Å². The number of aliphatic carboxylic acids is 1. The van der Waals surface area contributed by atoms with Crippen molar-refractivity contribution < 1.29 is 19.4 Å². The lowest BCUT2D eigenvalue weighted by Crippen LogP contribution is -2.36. The number of pyridine rings is 1. The van der Waals surface area contributed by atoms with Crippen LogP contribution in [0.4, 0.5) is 16.4 Å². The molecule has 34 heavy (non-hydrogen) atoms. The van der Waals surface area contributed by atoms with E-state index >= 15 is 0 Å². The first-order valence-electron chi connectivity index (χ1n) is 10.9. The minimum atomic E-state index is -0.758. The molecule has 1 amide bonds. The second-order valence-corrected chi connectivity index (χ2v) is 7.99. The Balaban J connectivity index is 1.47. The molecule has 1 saturated heterocycles. The maximum atomic E-state index is 12.5. The van der Waals surface area contributed by atoms with Gasteiger partial charge < -0.3 is 14.7 Å². The maximum absolute atomic E-state index is 12.5. The lowest BCUT2D eigenvalue weighted by Gasteiger charge is -2.31. The zero-order chi connectivity index (χ0) is 24.1. The summed E-state index contributed by atoms with van der Waals surface area (Å²) >= 11 is 0. The zero-order valence-electron chi connectivity index (χ0n) is 18.6. The number of hydrogen-bond donors (Lipinski definition) is 2. The molecule has 10 heteroatoms. The van der Waals surface area contributed by atoms with Crippen molar-refractivity contribution in [3.8, 4) is 11.8 Å². The van der Waals surface area contributed by atoms with Crippen LogP contribution in [-0.2, 0) is 9.53 Å². The van der Waals surface area contributed by atoms with Crippen molar-refractivity contribution >= 4 is 23.7 Å². The van der Waals surface area contributed by atoms with Crippen molar-refractivity contribution in [2.45, 2.75) is 25.9 Å². The molecular weight excluding hydrogens is 436 g/mol. The topological polar surface area (TPSA) is 133 Å². The standard InChI is InChI=1S/C24H24N6O4/c1-16(17-5-3-2-4-6-17)34-24(33)28-22-19(13-25)14-27-30(22)20-7-8-21(26-15-20)29-11-9-18(10-12-29)23(31)32/h2-8,14-16,18H,9-12H2,1H3,(H,28,33)(H,31,32). The van der Waals surface area contributed by atoms with Gasteiger partial charge >= 0.3 is 12.1 Å². The highest BCUT2D eigenvalue weighted by atomic mass is 16.6. The summed E-state index contributed by atoms with van der Waals surface area (Å²) in [7, 11) is 0. The zero-order valence-corrected chi connectivity index (χ0v) is 18.6. The predicted molar refractivity (Wildman–Crippen MR) is 124 cm³/mol. The van der Waals surface area contributed by atoms with Gasteiger partial charge in [-0.05, 0) is 37.5 Å². The minimum absolute atomic E-state index is 0.184. The number of carbonyl (C=O) groups is 2. The first kappa shape index (κ1) is 22.8. The van der Waals surface area contributed by atoms with Crippen LogP contribution in [0.3, 0.4) is 0 Å². The van der Waals surface area contributed by atoms with E-state index < -0.39 is 18.2 Å². The van der Waals surface area contributed by atoms with E-state index in [-0.39, 0.29) is 17.3 Å². The molecule has 0 spiro atoms. The third-order valence-corrected chi connectivity index (χ3v) is 5.81. The van der Waals surface area contributed by atoms with Crippen LogP contribution in [0.15, 0.2) is 54.9 Å². The fourth-order valence-electron chi connectivity index (χ4n) is 3.87. The highest BCUT2D eigenvalue weighted by Gasteiger charge is 2.25. The Morgan fingerprint density at radius 1 is 1.18 bits per heavy atom. The van der Waals surface area contributed by atoms with Crippen LogP contribution in [0, 0.1) is 17.2 Å². The first-order chi connectivity index (χ1) is 16.5. The van der Waals surface area contributed by atoms with Crippen LogP contribution >= 0.6 is 0 Å². The van der Waals surface area contributed by atoms with Crippen molar-refractivity contribution in [3.05, 3.63) is 66.0 Å². The summed E-state index contributed by atoms with van der Waals surface area (Å²) in [6, 6.07) is 14.9. The van der Waals surface area contributed by atoms with E-state index in [1.165, 1.54) is 10.9 Å². The largest absolute Gasteiger partial charge is 0.481 e. The van der Waals surface area contributed by atoms with Crippen LogP contribution in [0.2, 0.25) is 0 Å². The average molecular weight is 460 g/mol. The maximum Gasteiger partial charge on any atom is 0.413 e. The number of carbonyl (C=O) groups excluding carboxylic acids is 1. The second kappa shape index (κ2) is 10.0. The van der Waals surface area contributed by atoms with Gasteiger partial charge in [0.1, 0.15) is 23.6 Å². The monoisotopic (exact) mass is 460 g/mol. The Labute approximate surface area is 196 Å². The Morgan fingerprint density at radius 3 is 2.53 bits per heavy atom. The Kier molecular flexibility index (Phi) is 6.73. The first-order valence-corrected chi connectivity index (χ1v) is 10.9. The van der Waals surface area contributed by atoms with Gasteiger partial charge in [0.05, 0.1) is 24.0 Å². The summed E-state index contributed by atoms with van der Waals surface area (Å²) in [5.74, 6) is -0.163. The molecule has 1 fully saturated rings. The predicted octanol–water partition coefficient (Wildman–Crippen LogP) is 3.75. The lowest BCUT2D eigenvalue weighted by atomic mass is 9.97. The Morgan fingerprint density at radius 2 is 1.91 bits per heavy atom. The van der Waals surface area contributed by atoms with Crippen LogP contribution in [-0.4, -0.2) is 45.0 Å². The normalized spacial score (nSPS) is 14.8. The molecule has 1 aliphatic rings. The van der Waals surface area contributed by atoms with Gasteiger partial charge in [0, 0.05) is 13.1 Å². The van der Waals surface area contributed by atoms with Gasteiger partial charge in [0.25, 0.3) is 0 Å². The van der Waals surface area contributed by atoms with E-state index in [4.69, 9.17) is 9.84 Å². The highest BCUT2D eigenvalue weighted by molar-refractivity contribution is 5.85. The minimum Gasteiger partial charge on any atom is -0.481 e. The number of carboxylic acid groups (broad SMARTS) is 1. The number of hydrogen-bond acceptors (Lipinski definition) is 7. The number of nitrogens with one attached hydrogen (secondary N) is 1. The molecule has 3 heterocycles. The highest BCUT2D eigenvalue weighted by Crippen LogP contribution is 2.25. The summed E-state index contributed by atoms with van der Waals surface area (Å²) in [5.41, 5.74) is 1.58. The number of benzene rings is 1. The number of anilines is 2. The molecule has 0 bridgehead atoms. The number of piperidine rings is 1. The summed E-state index contributed by atoms with van der Waals surface area (Å²) in [4.78, 5) is 30.2. The van der Waals surface area contributed by atoms with E-state index in [0.717, 1.165) is 11.4 Å². The smallest absolute Gasteiger partial charge is 0.413 e. The fraction of sp³-hybridized carbons (Fsp3) is 0.292. The van der Waals surface area contributed by atoms with Gasteiger partial charge in [-0.3, -0.25) is 10.1 Å². The molecule has 174 valence electrons. The van der Waals surface area contributed by atoms with Gasteiger partial charge in [0.2, 0.25) is 0 Å². The molecule has 10 nitrogen and oxygen atoms in total. The van der Waals surface area contributed by atoms with Crippen LogP contribution in [0.1, 0.15) is 37.0 Å². The molecule has 4 rings (SSSR count). The molecule has 1 unspecified atom stereocenters. The van der Waals surface area contributed by atoms with Crippen LogP contribution < -0.4 is 10.2 Å². The summed E-state index contributed by atoms with van der Waals surface area (Å²) in [5, 5.41) is 25.5. The molecule has 0 radical (unpaired) electrons. The SMILES string of the molecule is CC(OC(=O)Nc1c(C#N)cnn1-c1ccc(N2CCC(C(=O)O)CC2)nc1)c1ccccc1. The van der Waals surface area contributed by atoms with Gasteiger partial charge in [-0.1, -0.05) is 30.3 Å². The van der Waals surface area contributed by atoms with Crippen LogP contribution in [0.5, 0.6) is 0 Å². The number of amides is 1. The molecule has 0 saturated carbocycles. The molecular formula is C24H24N6O4. The molecule has 2 aromatic heterocycles. The third-order valence-electron chi connectivity index (χ3n) is 5.81. The number of rotatable bonds is 6. The summed E-state index contributed by atoms with van der Waals surface area (Å²) in [6.45, 7) is 2.99. The van der Waals surface area contributed by atoms with Gasteiger partial charge in [0.15, 0.2) is 5.82 Å². The number of nitrogens with zero attached hydrogens (tertiary/aromatic N) is 5. The third kappa shape index (κ3) is 4.99. The molecule has 1 atom stereocenters. The van der Waals surface area contributed by atoms with Gasteiger partial charge in [-0.2, -0.15) is 10.4 Å². The van der Waals surface area contributed by atoms with Crippen molar-refractivity contribution in [2.24, 2.45) is 5.92 Å². The molecule has 0 aliphatic carbocycles. The van der Waals surface area contributed by atoms with E-state index in [1.54, 1.807) is 19.2 Å². The van der Waals surface area contributed by atoms with E-state index in [2.05, 4.69) is 15.4 Å². The van der Waals surface area contributed by atoms with Crippen molar-refractivity contribution in [1.29, 1.82) is 5.26 Å². The number of ether oxygens (including phenoxy) is 1. The fourth-order valence-corrected chi connectivity index (χ4v) is 3.87. The number of aromatic nitrogens is 3. The average Bonchev–Trinajstić information content (AvgIpc) is 3.27. The van der Waals surface area contributed by atoms with Crippen molar-refractivity contribution in [1.82, 2.24) is 14.8 Å². The quantitative estimate of drug-likeness (QED) is 0.568. The lowest BCUT2D eigenvalue weighted by molar-refractivity contribution is -0.142. The van der Waals surface area contributed by atoms with Crippen LogP contribution in [0.25, 0.3) is 5.69 Å². The van der Waals surface area contributed by atoms with E-state index in [0.29, 0.717) is 31.6 Å². The van der Waals surface area contributed by atoms with Crippen molar-refractivity contribution in [2.75, 3.05) is 23.3 Å².